The topological polar surface area (TPSA) is 307 Å². The van der Waals surface area contributed by atoms with Gasteiger partial charge in [-0.2, -0.15) is 0 Å². The molecule has 0 spiro atoms. The molecule has 0 bridgehead atoms. The van der Waals surface area contributed by atoms with Crippen molar-refractivity contribution in [3.63, 3.8) is 0 Å². The Morgan fingerprint density at radius 3 is 1.17 bits per heavy atom. The highest BCUT2D eigenvalue weighted by atomic mass is 16.8. The van der Waals surface area contributed by atoms with Crippen LogP contribution in [0.2, 0.25) is 0 Å². The summed E-state index contributed by atoms with van der Waals surface area (Å²) in [6.45, 7) is 1.58. The Balaban J connectivity index is 1.44. The van der Waals surface area contributed by atoms with Crippen LogP contribution >= 0.6 is 0 Å². The highest BCUT2D eigenvalue weighted by Gasteiger charge is 2.53. The fourth-order valence-electron chi connectivity index (χ4n) is 11.6. The van der Waals surface area contributed by atoms with Crippen LogP contribution in [0.25, 0.3) is 0 Å². The average Bonchev–Trinajstić information content (AvgIpc) is 0.787. The zero-order chi connectivity index (χ0) is 69.6. The van der Waals surface area contributed by atoms with Gasteiger partial charge in [0.05, 0.1) is 38.6 Å². The zero-order valence-electron chi connectivity index (χ0n) is 58.3. The molecule has 0 saturated carbocycles. The molecule has 3 rings (SSSR count). The van der Waals surface area contributed by atoms with Crippen molar-refractivity contribution in [2.75, 3.05) is 26.4 Å². The third-order valence-corrected chi connectivity index (χ3v) is 17.5. The normalized spacial score (nSPS) is 27.8. The third-order valence-electron chi connectivity index (χ3n) is 17.5. The number of amides is 1. The van der Waals surface area contributed by atoms with Gasteiger partial charge in [0, 0.05) is 6.42 Å². The van der Waals surface area contributed by atoms with E-state index in [1.54, 1.807) is 6.08 Å². The number of rotatable bonds is 55. The number of nitrogens with one attached hydrogen (secondary N) is 1. The molecule has 12 N–H and O–H groups in total. The van der Waals surface area contributed by atoms with E-state index in [1.165, 1.54) is 77.0 Å². The van der Waals surface area contributed by atoms with Crippen LogP contribution in [-0.2, 0) is 33.2 Å². The molecule has 3 aliphatic heterocycles. The molecule has 17 unspecified atom stereocenters. The third kappa shape index (κ3) is 37.6. The fourth-order valence-corrected chi connectivity index (χ4v) is 11.6. The van der Waals surface area contributed by atoms with Gasteiger partial charge in [-0.3, -0.25) is 4.79 Å². The minimum atomic E-state index is -1.99. The summed E-state index contributed by atoms with van der Waals surface area (Å²) in [5.74, 6) is -0.306. The number of ether oxygens (including phenoxy) is 6. The predicted octanol–water partition coefficient (Wildman–Crippen LogP) is 10.8. The molecular weight excluding hydrogens is 1230 g/mol. The number of carbonyl (C=O) groups excluding carboxylic acids is 1. The van der Waals surface area contributed by atoms with Gasteiger partial charge in [0.25, 0.3) is 0 Å². The van der Waals surface area contributed by atoms with E-state index in [1.807, 2.05) is 6.08 Å². The highest BCUT2D eigenvalue weighted by Crippen LogP contribution is 2.33. The predicted molar refractivity (Wildman–Crippen MR) is 378 cm³/mol. The molecule has 3 aliphatic rings. The first-order valence-corrected chi connectivity index (χ1v) is 36.8. The SMILES string of the molecule is CC/C=C\C/C=C\C/C=C\C/C=C\C/C=C\C/C=C\C/C=C\CCCCCCCCCC(=O)NC(COC1OC(CO)C(OC2OC(CO)C(OC3OC(CO)C(O)C(O)C3O)C(O)C2O)C(O)C1O)C(O)/C=C/CC/C=C/CC/C=C/CCCCCCCCCCCCCC. The molecule has 550 valence electrons. The summed E-state index contributed by atoms with van der Waals surface area (Å²) in [6, 6.07) is -1.01. The van der Waals surface area contributed by atoms with Gasteiger partial charge in [-0.25, -0.2) is 0 Å². The van der Waals surface area contributed by atoms with Crippen LogP contribution in [0.3, 0.4) is 0 Å². The van der Waals surface area contributed by atoms with Crippen LogP contribution in [0.5, 0.6) is 0 Å². The molecule has 1 amide bonds. The van der Waals surface area contributed by atoms with Crippen LogP contribution in [0.4, 0.5) is 0 Å². The maximum Gasteiger partial charge on any atom is 0.220 e. The Morgan fingerprint density at radius 2 is 0.729 bits per heavy atom. The van der Waals surface area contributed by atoms with Gasteiger partial charge in [-0.15, -0.1) is 0 Å². The van der Waals surface area contributed by atoms with Crippen LogP contribution < -0.4 is 5.32 Å². The molecule has 19 nitrogen and oxygen atoms in total. The molecule has 0 aromatic rings. The Bertz CT molecular complexity index is 2210. The van der Waals surface area contributed by atoms with Gasteiger partial charge < -0.3 is 89.9 Å². The van der Waals surface area contributed by atoms with Crippen LogP contribution in [0, 0.1) is 0 Å². The van der Waals surface area contributed by atoms with E-state index in [4.69, 9.17) is 28.4 Å². The van der Waals surface area contributed by atoms with Crippen molar-refractivity contribution in [2.45, 2.75) is 330 Å². The van der Waals surface area contributed by atoms with E-state index in [0.29, 0.717) is 12.8 Å². The van der Waals surface area contributed by atoms with Crippen molar-refractivity contribution in [3.8, 4) is 0 Å². The highest BCUT2D eigenvalue weighted by molar-refractivity contribution is 5.76. The van der Waals surface area contributed by atoms with Crippen LogP contribution in [0.1, 0.15) is 226 Å². The number of aliphatic hydroxyl groups excluding tert-OH is 11. The second-order valence-electron chi connectivity index (χ2n) is 25.6. The first kappa shape index (κ1) is 86.4. The fraction of sp³-hybridized carbons (Fsp3) is 0.727. The van der Waals surface area contributed by atoms with Crippen molar-refractivity contribution < 1.29 is 89.4 Å². The summed E-state index contributed by atoms with van der Waals surface area (Å²) in [6.07, 6.45) is 51.6. The number of unbranched alkanes of at least 4 members (excludes halogenated alkanes) is 21. The van der Waals surface area contributed by atoms with Gasteiger partial charge in [0.2, 0.25) is 5.91 Å². The smallest absolute Gasteiger partial charge is 0.220 e. The maximum absolute atomic E-state index is 13.4. The lowest BCUT2D eigenvalue weighted by molar-refractivity contribution is -0.379. The van der Waals surface area contributed by atoms with Crippen LogP contribution in [0.15, 0.2) is 122 Å². The molecule has 0 aromatic carbocycles. The quantitative estimate of drug-likeness (QED) is 0.0199. The first-order chi connectivity index (χ1) is 46.8. The Hall–Kier alpha value is -3.81. The monoisotopic (exact) mass is 1360 g/mol. The molecule has 17 atom stereocenters. The number of hydrogen-bond donors (Lipinski definition) is 12. The van der Waals surface area contributed by atoms with Crippen molar-refractivity contribution in [1.82, 2.24) is 5.32 Å². The van der Waals surface area contributed by atoms with E-state index in [2.05, 4.69) is 129 Å². The second kappa shape index (κ2) is 56.9. The molecule has 0 aromatic heterocycles. The molecule has 19 heteroatoms. The van der Waals surface area contributed by atoms with E-state index in [-0.39, 0.29) is 18.9 Å². The number of hydrogen-bond acceptors (Lipinski definition) is 18. The first-order valence-electron chi connectivity index (χ1n) is 36.8. The molecule has 0 radical (unpaired) electrons. The summed E-state index contributed by atoms with van der Waals surface area (Å²) in [7, 11) is 0. The molecule has 0 aliphatic carbocycles. The zero-order valence-corrected chi connectivity index (χ0v) is 58.3. The largest absolute Gasteiger partial charge is 0.394 e. The van der Waals surface area contributed by atoms with Crippen LogP contribution in [-0.4, -0.2) is 193 Å². The van der Waals surface area contributed by atoms with Gasteiger partial charge >= 0.3 is 0 Å². The molecule has 96 heavy (non-hydrogen) atoms. The summed E-state index contributed by atoms with van der Waals surface area (Å²) < 4.78 is 34.3. The molecule has 3 saturated heterocycles. The van der Waals surface area contributed by atoms with E-state index in [0.717, 1.165) is 116 Å². The minimum Gasteiger partial charge on any atom is -0.394 e. The summed E-state index contributed by atoms with van der Waals surface area (Å²) in [4.78, 5) is 13.4. The standard InChI is InChI=1S/C77H129NO18/c1-3-5-7-9-11-13-15-17-19-21-23-25-27-28-29-30-31-32-33-35-37-39-41-43-45-47-49-51-53-55-65(83)78-60(61(82)54-52-50-48-46-44-42-40-38-36-34-26-24-22-20-18-16-14-12-10-8-6-4-2)59-91-75-71(89)68(86)73(63(57-80)93-75)96-77-72(90)69(87)74(64(58-81)94-77)95-76-70(88)67(85)66(84)62(56-79)92-76/h5,7,11,13,17,19,23,25,28-29,31-32,35-38,44,46,52,54,60-64,66-77,79-82,84-90H,3-4,6,8-10,12,14-16,18,20-22,24,26-27,30,33-34,39-43,45,47-51,53,55-59H2,1-2H3,(H,78,83)/b7-5-,13-11-,19-17-,25-23-,29-28-,32-31-,37-35-,38-36+,46-44+,54-52+. The van der Waals surface area contributed by atoms with Gasteiger partial charge in [-0.1, -0.05) is 238 Å². The molecule has 3 heterocycles. The number of allylic oxidation sites excluding steroid dienone is 19. The van der Waals surface area contributed by atoms with Gasteiger partial charge in [-0.05, 0) is 103 Å². The van der Waals surface area contributed by atoms with Crippen molar-refractivity contribution >= 4 is 5.91 Å². The maximum atomic E-state index is 13.4. The lowest BCUT2D eigenvalue weighted by Gasteiger charge is -2.48. The van der Waals surface area contributed by atoms with Crippen molar-refractivity contribution in [3.05, 3.63) is 122 Å². The van der Waals surface area contributed by atoms with E-state index in [9.17, 15) is 61.0 Å². The van der Waals surface area contributed by atoms with Crippen molar-refractivity contribution in [2.24, 2.45) is 0 Å². The summed E-state index contributed by atoms with van der Waals surface area (Å²) in [5, 5.41) is 121. The average molecular weight is 1360 g/mol. The van der Waals surface area contributed by atoms with Gasteiger partial charge in [0.15, 0.2) is 18.9 Å². The van der Waals surface area contributed by atoms with Gasteiger partial charge in [0.1, 0.15) is 73.2 Å². The second-order valence-corrected chi connectivity index (χ2v) is 25.6. The number of aliphatic hydroxyl groups is 11. The Morgan fingerprint density at radius 1 is 0.385 bits per heavy atom. The summed E-state index contributed by atoms with van der Waals surface area (Å²) >= 11 is 0. The molecule has 3 fully saturated rings. The van der Waals surface area contributed by atoms with E-state index >= 15 is 0 Å². The number of carbonyl (C=O) groups is 1. The lowest BCUT2D eigenvalue weighted by atomic mass is 9.96. The molecular formula is C77H129NO18. The van der Waals surface area contributed by atoms with Crippen molar-refractivity contribution in [1.29, 1.82) is 0 Å². The Kier molecular flexibility index (Phi) is 51.2. The Labute approximate surface area is 576 Å². The summed E-state index contributed by atoms with van der Waals surface area (Å²) in [5.41, 5.74) is 0. The van der Waals surface area contributed by atoms with E-state index < -0.39 is 124 Å². The lowest BCUT2D eigenvalue weighted by Crippen LogP contribution is -2.66. The minimum absolute atomic E-state index is 0.211.